The maximum absolute atomic E-state index is 12.6. The molecule has 4 rings (SSSR count). The molecule has 0 bridgehead atoms. The lowest BCUT2D eigenvalue weighted by atomic mass is 9.87. The molecule has 7 heteroatoms. The van der Waals surface area contributed by atoms with Crippen LogP contribution < -0.4 is 10.6 Å². The lowest BCUT2D eigenvalue weighted by Gasteiger charge is -2.23. The molecule has 2 heterocycles. The molecule has 1 aliphatic heterocycles. The average Bonchev–Trinajstić information content (AvgIpc) is 3.09. The smallest absolute Gasteiger partial charge is 0.258 e. The van der Waals surface area contributed by atoms with E-state index in [4.69, 9.17) is 0 Å². The minimum atomic E-state index is -0.295. The Morgan fingerprint density at radius 1 is 1.10 bits per heavy atom. The number of rotatable bonds is 3. The van der Waals surface area contributed by atoms with Gasteiger partial charge < -0.3 is 0 Å². The Bertz CT molecular complexity index is 1050. The molecule has 0 fully saturated rings. The van der Waals surface area contributed by atoms with Crippen molar-refractivity contribution in [2.45, 2.75) is 38.6 Å². The van der Waals surface area contributed by atoms with Gasteiger partial charge in [-0.25, -0.2) is 4.68 Å². The van der Waals surface area contributed by atoms with Crippen LogP contribution >= 0.6 is 0 Å². The van der Waals surface area contributed by atoms with E-state index in [1.807, 2.05) is 42.5 Å². The van der Waals surface area contributed by atoms with Crippen LogP contribution in [0.15, 0.2) is 54.6 Å². The van der Waals surface area contributed by atoms with Gasteiger partial charge in [-0.05, 0) is 28.7 Å². The van der Waals surface area contributed by atoms with Crippen LogP contribution in [-0.2, 0) is 10.2 Å². The van der Waals surface area contributed by atoms with Crippen molar-refractivity contribution in [3.63, 3.8) is 0 Å². The first-order chi connectivity index (χ1) is 13.8. The predicted molar refractivity (Wildman–Crippen MR) is 111 cm³/mol. The minimum absolute atomic E-state index is 0.0180. The molecule has 1 atom stereocenters. The molecule has 2 amide bonds. The third kappa shape index (κ3) is 3.89. The highest BCUT2D eigenvalue weighted by Crippen LogP contribution is 2.29. The first kappa shape index (κ1) is 18.9. The van der Waals surface area contributed by atoms with Crippen LogP contribution in [-0.4, -0.2) is 26.6 Å². The summed E-state index contributed by atoms with van der Waals surface area (Å²) in [6.07, 6.45) is 0.266. The number of nitrogens with zero attached hydrogens (tertiary/aromatic N) is 3. The summed E-state index contributed by atoms with van der Waals surface area (Å²) in [5.41, 5.74) is 2.65. The number of hydrogen-bond donors (Lipinski definition) is 2. The highest BCUT2D eigenvalue weighted by molar-refractivity contribution is 6.03. The maximum atomic E-state index is 12.6. The van der Waals surface area contributed by atoms with Crippen molar-refractivity contribution in [2.75, 3.05) is 10.6 Å². The molecular weight excluding hydrogens is 366 g/mol. The Hall–Kier alpha value is -3.48. The second-order valence-electron chi connectivity index (χ2n) is 8.16. The van der Waals surface area contributed by atoms with Crippen molar-refractivity contribution in [3.05, 3.63) is 71.3 Å². The molecule has 2 N–H and O–H groups in total. The van der Waals surface area contributed by atoms with E-state index in [2.05, 4.69) is 41.5 Å². The van der Waals surface area contributed by atoms with Crippen molar-refractivity contribution >= 4 is 23.7 Å². The number of aromatic nitrogens is 3. The number of nitrogens with one attached hydrogen (secondary N) is 2. The van der Waals surface area contributed by atoms with Crippen molar-refractivity contribution in [1.82, 2.24) is 14.8 Å². The third-order valence-corrected chi connectivity index (χ3v) is 4.98. The summed E-state index contributed by atoms with van der Waals surface area (Å²) in [5, 5.41) is 9.87. The van der Waals surface area contributed by atoms with E-state index < -0.39 is 0 Å². The second kappa shape index (κ2) is 7.16. The molecule has 1 aliphatic rings. The summed E-state index contributed by atoms with van der Waals surface area (Å²) in [6, 6.07) is 16.9. The normalized spacial score (nSPS) is 16.1. The van der Waals surface area contributed by atoms with Crippen molar-refractivity contribution in [3.8, 4) is 0 Å². The average molecular weight is 389 g/mol. The van der Waals surface area contributed by atoms with Crippen LogP contribution in [0.4, 0.5) is 11.9 Å². The Morgan fingerprint density at radius 3 is 2.45 bits per heavy atom. The number of carbonyl (C=O) groups excluding carboxylic acids is 2. The Labute approximate surface area is 169 Å². The summed E-state index contributed by atoms with van der Waals surface area (Å²) in [6.45, 7) is 6.37. The number of carbonyl (C=O) groups is 2. The molecule has 29 heavy (non-hydrogen) atoms. The summed E-state index contributed by atoms with van der Waals surface area (Å²) in [4.78, 5) is 29.0. The highest BCUT2D eigenvalue weighted by atomic mass is 16.2. The second-order valence-corrected chi connectivity index (χ2v) is 8.16. The summed E-state index contributed by atoms with van der Waals surface area (Å²) >= 11 is 0. The monoisotopic (exact) mass is 389 g/mol. The third-order valence-electron chi connectivity index (χ3n) is 4.98. The zero-order valence-electron chi connectivity index (χ0n) is 16.6. The van der Waals surface area contributed by atoms with Crippen LogP contribution in [0.2, 0.25) is 0 Å². The van der Waals surface area contributed by atoms with Gasteiger partial charge in [-0.1, -0.05) is 63.2 Å². The van der Waals surface area contributed by atoms with Crippen LogP contribution in [0, 0.1) is 0 Å². The van der Waals surface area contributed by atoms with E-state index in [-0.39, 0.29) is 35.6 Å². The number of hydrogen-bond acceptors (Lipinski definition) is 4. The van der Waals surface area contributed by atoms with E-state index >= 15 is 0 Å². The van der Waals surface area contributed by atoms with E-state index in [1.54, 1.807) is 16.8 Å². The lowest BCUT2D eigenvalue weighted by molar-refractivity contribution is -0.117. The van der Waals surface area contributed by atoms with Crippen LogP contribution in [0.3, 0.4) is 0 Å². The van der Waals surface area contributed by atoms with Gasteiger partial charge >= 0.3 is 0 Å². The SMILES string of the molecule is CC(C)(C)c1ccc(C(=O)Nc2nc3n(n2)[C@H](c2ccccc2)CC(=O)N3)cc1. The highest BCUT2D eigenvalue weighted by Gasteiger charge is 2.29. The minimum Gasteiger partial charge on any atom is -0.295 e. The molecule has 148 valence electrons. The van der Waals surface area contributed by atoms with E-state index in [0.717, 1.165) is 11.1 Å². The van der Waals surface area contributed by atoms with Crippen molar-refractivity contribution in [1.29, 1.82) is 0 Å². The number of amides is 2. The largest absolute Gasteiger partial charge is 0.295 e. The fourth-order valence-corrected chi connectivity index (χ4v) is 3.35. The fraction of sp³-hybridized carbons (Fsp3) is 0.273. The summed E-state index contributed by atoms with van der Waals surface area (Å²) in [7, 11) is 0. The summed E-state index contributed by atoms with van der Waals surface area (Å²) < 4.78 is 1.65. The molecule has 0 radical (unpaired) electrons. The fourth-order valence-electron chi connectivity index (χ4n) is 3.35. The van der Waals surface area contributed by atoms with E-state index in [0.29, 0.717) is 11.5 Å². The summed E-state index contributed by atoms with van der Waals surface area (Å²) in [5.74, 6) is 0.0619. The van der Waals surface area contributed by atoms with Gasteiger partial charge in [0.05, 0.1) is 12.5 Å². The van der Waals surface area contributed by atoms with Gasteiger partial charge in [-0.2, -0.15) is 4.98 Å². The van der Waals surface area contributed by atoms with Gasteiger partial charge in [-0.3, -0.25) is 20.2 Å². The van der Waals surface area contributed by atoms with Crippen LogP contribution in [0.5, 0.6) is 0 Å². The van der Waals surface area contributed by atoms with Crippen LogP contribution in [0.1, 0.15) is 54.7 Å². The van der Waals surface area contributed by atoms with Gasteiger partial charge in [0.15, 0.2) is 0 Å². The number of anilines is 2. The van der Waals surface area contributed by atoms with Crippen molar-refractivity contribution in [2.24, 2.45) is 0 Å². The Balaban J connectivity index is 1.57. The van der Waals surface area contributed by atoms with Gasteiger partial charge in [0, 0.05) is 5.56 Å². The van der Waals surface area contributed by atoms with E-state index in [1.165, 1.54) is 0 Å². The maximum Gasteiger partial charge on any atom is 0.258 e. The molecule has 2 aromatic carbocycles. The van der Waals surface area contributed by atoms with Gasteiger partial charge in [0.1, 0.15) is 0 Å². The van der Waals surface area contributed by atoms with Crippen LogP contribution in [0.25, 0.3) is 0 Å². The zero-order valence-corrected chi connectivity index (χ0v) is 16.6. The molecule has 0 saturated heterocycles. The number of benzene rings is 2. The molecule has 3 aromatic rings. The number of fused-ring (bicyclic) bond motifs is 1. The molecule has 0 unspecified atom stereocenters. The topological polar surface area (TPSA) is 88.9 Å². The molecular formula is C22H23N5O2. The molecule has 7 nitrogen and oxygen atoms in total. The van der Waals surface area contributed by atoms with Gasteiger partial charge in [0.2, 0.25) is 11.9 Å². The Morgan fingerprint density at radius 2 is 1.79 bits per heavy atom. The predicted octanol–water partition coefficient (Wildman–Crippen LogP) is 3.76. The van der Waals surface area contributed by atoms with Gasteiger partial charge in [0.25, 0.3) is 11.9 Å². The molecule has 0 saturated carbocycles. The standard InChI is InChI=1S/C22H23N5O2/c1-22(2,3)16-11-9-15(10-12-16)19(29)24-20-25-21-23-18(28)13-17(27(21)26-20)14-7-5-4-6-8-14/h4-12,17H,13H2,1-3H3,(H2,23,24,25,26,28,29)/t17-/m0/s1. The first-order valence-corrected chi connectivity index (χ1v) is 9.54. The van der Waals surface area contributed by atoms with E-state index in [9.17, 15) is 9.59 Å². The molecule has 1 aromatic heterocycles. The lowest BCUT2D eigenvalue weighted by Crippen LogP contribution is -2.29. The van der Waals surface area contributed by atoms with Crippen molar-refractivity contribution < 1.29 is 9.59 Å². The molecule has 0 spiro atoms. The quantitative estimate of drug-likeness (QED) is 0.714. The van der Waals surface area contributed by atoms with Gasteiger partial charge in [-0.15, -0.1) is 5.10 Å². The first-order valence-electron chi connectivity index (χ1n) is 9.54. The zero-order chi connectivity index (χ0) is 20.6. The molecule has 0 aliphatic carbocycles. The Kier molecular flexibility index (Phi) is 4.66.